The first-order valence-corrected chi connectivity index (χ1v) is 7.03. The molecule has 0 aliphatic carbocycles. The summed E-state index contributed by atoms with van der Waals surface area (Å²) in [6, 6.07) is 14.2. The summed E-state index contributed by atoms with van der Waals surface area (Å²) >= 11 is 5.98. The monoisotopic (exact) mass is 314 g/mol. The number of nitrogens with one attached hydrogen (secondary N) is 2. The van der Waals surface area contributed by atoms with Gasteiger partial charge in [-0.1, -0.05) is 47.5 Å². The normalized spacial score (nSPS) is 10.5. The van der Waals surface area contributed by atoms with Crippen molar-refractivity contribution in [3.63, 3.8) is 0 Å². The van der Waals surface area contributed by atoms with Gasteiger partial charge in [0.05, 0.1) is 0 Å². The number of carbonyl (C=O) groups is 2. The summed E-state index contributed by atoms with van der Waals surface area (Å²) in [5.74, 6) is -0.816. The van der Waals surface area contributed by atoms with Gasteiger partial charge in [-0.15, -0.1) is 0 Å². The summed E-state index contributed by atoms with van der Waals surface area (Å²) in [5.41, 5.74) is 6.85. The fourth-order valence-electron chi connectivity index (χ4n) is 1.79. The van der Waals surface area contributed by atoms with Crippen LogP contribution in [0.25, 0.3) is 6.08 Å². The highest BCUT2D eigenvalue weighted by molar-refractivity contribution is 6.32. The predicted molar refractivity (Wildman–Crippen MR) is 87.3 cm³/mol. The molecule has 0 spiro atoms. The first kappa shape index (κ1) is 15.8. The zero-order valence-electron chi connectivity index (χ0n) is 12.0. The number of aryl methyl sites for hydroxylation is 1. The Bertz CT molecular complexity index is 726. The van der Waals surface area contributed by atoms with Crippen LogP contribution in [-0.4, -0.2) is 11.8 Å². The van der Waals surface area contributed by atoms with Crippen molar-refractivity contribution in [2.45, 2.75) is 6.92 Å². The highest BCUT2D eigenvalue weighted by Crippen LogP contribution is 2.15. The van der Waals surface area contributed by atoms with Crippen molar-refractivity contribution < 1.29 is 9.59 Å². The van der Waals surface area contributed by atoms with Gasteiger partial charge in [-0.2, -0.15) is 0 Å². The van der Waals surface area contributed by atoms with Crippen LogP contribution in [0.2, 0.25) is 5.02 Å². The maximum atomic E-state index is 11.9. The molecular formula is C17H15ClN2O2. The number of benzene rings is 2. The SMILES string of the molecule is Cc1cccc(C(=O)NNC(=O)/C=C/c2ccccc2Cl)c1. The van der Waals surface area contributed by atoms with Gasteiger partial charge in [0, 0.05) is 16.7 Å². The van der Waals surface area contributed by atoms with Crippen molar-refractivity contribution in [2.75, 3.05) is 0 Å². The molecule has 0 aliphatic heterocycles. The average Bonchev–Trinajstić information content (AvgIpc) is 2.52. The Morgan fingerprint density at radius 2 is 1.82 bits per heavy atom. The Labute approximate surface area is 133 Å². The summed E-state index contributed by atoms with van der Waals surface area (Å²) in [6.07, 6.45) is 2.88. The van der Waals surface area contributed by atoms with Crippen LogP contribution in [0.4, 0.5) is 0 Å². The largest absolute Gasteiger partial charge is 0.269 e. The maximum absolute atomic E-state index is 11.9. The molecule has 2 aromatic carbocycles. The summed E-state index contributed by atoms with van der Waals surface area (Å²) in [5, 5.41) is 0.551. The van der Waals surface area contributed by atoms with Crippen molar-refractivity contribution in [3.05, 3.63) is 76.3 Å². The zero-order chi connectivity index (χ0) is 15.9. The molecule has 0 atom stereocenters. The Hall–Kier alpha value is -2.59. The molecule has 2 N–H and O–H groups in total. The van der Waals surface area contributed by atoms with Crippen LogP contribution < -0.4 is 10.9 Å². The Balaban J connectivity index is 1.90. The van der Waals surface area contributed by atoms with Crippen LogP contribution in [0.1, 0.15) is 21.5 Å². The molecule has 2 aromatic rings. The van der Waals surface area contributed by atoms with Crippen LogP contribution in [0.5, 0.6) is 0 Å². The fourth-order valence-corrected chi connectivity index (χ4v) is 1.99. The van der Waals surface area contributed by atoms with Crippen LogP contribution in [0.3, 0.4) is 0 Å². The van der Waals surface area contributed by atoms with Gasteiger partial charge in [0.15, 0.2) is 0 Å². The van der Waals surface area contributed by atoms with Crippen LogP contribution in [0, 0.1) is 6.92 Å². The molecule has 0 fully saturated rings. The van der Waals surface area contributed by atoms with Gasteiger partial charge < -0.3 is 0 Å². The van der Waals surface area contributed by atoms with Gasteiger partial charge in [0.25, 0.3) is 11.8 Å². The highest BCUT2D eigenvalue weighted by Gasteiger charge is 2.05. The maximum Gasteiger partial charge on any atom is 0.269 e. The molecule has 2 rings (SSSR count). The predicted octanol–water partition coefficient (Wildman–Crippen LogP) is 3.12. The van der Waals surface area contributed by atoms with Gasteiger partial charge in [-0.3, -0.25) is 20.4 Å². The lowest BCUT2D eigenvalue weighted by molar-refractivity contribution is -0.117. The molecule has 2 amide bonds. The van der Waals surface area contributed by atoms with Gasteiger partial charge in [-0.05, 0) is 36.8 Å². The third-order valence-electron chi connectivity index (χ3n) is 2.90. The van der Waals surface area contributed by atoms with Crippen LogP contribution in [-0.2, 0) is 4.79 Å². The van der Waals surface area contributed by atoms with Crippen LogP contribution >= 0.6 is 11.6 Å². The van der Waals surface area contributed by atoms with E-state index in [1.165, 1.54) is 6.08 Å². The lowest BCUT2D eigenvalue weighted by atomic mass is 10.1. The van der Waals surface area contributed by atoms with E-state index in [4.69, 9.17) is 11.6 Å². The summed E-state index contributed by atoms with van der Waals surface area (Å²) in [4.78, 5) is 23.5. The number of carbonyl (C=O) groups excluding carboxylic acids is 2. The highest BCUT2D eigenvalue weighted by atomic mass is 35.5. The van der Waals surface area contributed by atoms with E-state index < -0.39 is 5.91 Å². The Morgan fingerprint density at radius 3 is 2.55 bits per heavy atom. The Morgan fingerprint density at radius 1 is 1.05 bits per heavy atom. The molecule has 0 saturated heterocycles. The summed E-state index contributed by atoms with van der Waals surface area (Å²) < 4.78 is 0. The number of amides is 2. The minimum atomic E-state index is -0.444. The zero-order valence-corrected chi connectivity index (χ0v) is 12.7. The van der Waals surface area contributed by atoms with Gasteiger partial charge >= 0.3 is 0 Å². The van der Waals surface area contributed by atoms with Crippen molar-refractivity contribution in [1.82, 2.24) is 10.9 Å². The van der Waals surface area contributed by atoms with Gasteiger partial charge in [0.1, 0.15) is 0 Å². The standard InChI is InChI=1S/C17H15ClN2O2/c1-12-5-4-7-14(11-12)17(22)20-19-16(21)10-9-13-6-2-3-8-15(13)18/h2-11H,1H3,(H,19,21)(H,20,22)/b10-9+. The molecular weight excluding hydrogens is 300 g/mol. The first-order chi connectivity index (χ1) is 10.6. The third kappa shape index (κ3) is 4.46. The number of hydrogen-bond donors (Lipinski definition) is 2. The van der Waals surface area contributed by atoms with Gasteiger partial charge in [-0.25, -0.2) is 0 Å². The molecule has 0 aromatic heterocycles. The molecule has 0 unspecified atom stereocenters. The molecule has 0 radical (unpaired) electrons. The lowest BCUT2D eigenvalue weighted by Gasteiger charge is -2.05. The third-order valence-corrected chi connectivity index (χ3v) is 3.24. The molecule has 5 heteroatoms. The summed E-state index contributed by atoms with van der Waals surface area (Å²) in [6.45, 7) is 1.89. The van der Waals surface area contributed by atoms with E-state index >= 15 is 0 Å². The second-order valence-corrected chi connectivity index (χ2v) is 5.07. The van der Waals surface area contributed by atoms with Crippen molar-refractivity contribution in [3.8, 4) is 0 Å². The molecule has 22 heavy (non-hydrogen) atoms. The minimum absolute atomic E-state index is 0.372. The topological polar surface area (TPSA) is 58.2 Å². The number of hydrazine groups is 1. The number of rotatable bonds is 3. The molecule has 4 nitrogen and oxygen atoms in total. The average molecular weight is 315 g/mol. The van der Waals surface area contributed by atoms with E-state index in [2.05, 4.69) is 10.9 Å². The minimum Gasteiger partial charge on any atom is -0.268 e. The Kier molecular flexibility index (Phi) is 5.33. The second kappa shape index (κ2) is 7.43. The second-order valence-electron chi connectivity index (χ2n) is 4.67. The van der Waals surface area contributed by atoms with E-state index in [1.807, 2.05) is 25.1 Å². The number of halogens is 1. The quantitative estimate of drug-likeness (QED) is 0.675. The molecule has 112 valence electrons. The van der Waals surface area contributed by atoms with Crippen molar-refractivity contribution in [1.29, 1.82) is 0 Å². The molecule has 0 aliphatic rings. The van der Waals surface area contributed by atoms with Crippen LogP contribution in [0.15, 0.2) is 54.6 Å². The van der Waals surface area contributed by atoms with E-state index in [-0.39, 0.29) is 5.91 Å². The van der Waals surface area contributed by atoms with E-state index in [0.717, 1.165) is 11.1 Å². The molecule has 0 saturated carbocycles. The molecule has 0 bridgehead atoms. The van der Waals surface area contributed by atoms with E-state index in [1.54, 1.807) is 36.4 Å². The fraction of sp³-hybridized carbons (Fsp3) is 0.0588. The first-order valence-electron chi connectivity index (χ1n) is 6.66. The van der Waals surface area contributed by atoms with E-state index in [9.17, 15) is 9.59 Å². The molecule has 0 heterocycles. The van der Waals surface area contributed by atoms with Crippen molar-refractivity contribution >= 4 is 29.5 Å². The lowest BCUT2D eigenvalue weighted by Crippen LogP contribution is -2.40. The van der Waals surface area contributed by atoms with Crippen molar-refractivity contribution in [2.24, 2.45) is 0 Å². The van der Waals surface area contributed by atoms with E-state index in [0.29, 0.717) is 10.6 Å². The van der Waals surface area contributed by atoms with Gasteiger partial charge in [0.2, 0.25) is 0 Å². The number of hydrogen-bond acceptors (Lipinski definition) is 2. The smallest absolute Gasteiger partial charge is 0.268 e. The summed E-state index contributed by atoms with van der Waals surface area (Å²) in [7, 11) is 0.